The van der Waals surface area contributed by atoms with Gasteiger partial charge in [0, 0.05) is 53.3 Å². The standard InChI is InChI=1S/C25H26BrN3O2/c1-18-16-22(19(2)29(18)20-8-4-3-5-9-20)24(30)17-27-12-14-28(15-13-27)25(31)21-10-6-7-11-23(21)26/h3-11,16H,12-15,17H2,1-2H3. The van der Waals surface area contributed by atoms with Crippen LogP contribution in [0.5, 0.6) is 0 Å². The molecule has 0 N–H and O–H groups in total. The van der Waals surface area contributed by atoms with Gasteiger partial charge in [0.1, 0.15) is 0 Å². The van der Waals surface area contributed by atoms with Crippen molar-refractivity contribution in [3.63, 3.8) is 0 Å². The molecule has 1 aliphatic rings. The van der Waals surface area contributed by atoms with Gasteiger partial charge in [0.15, 0.2) is 5.78 Å². The summed E-state index contributed by atoms with van der Waals surface area (Å²) in [6, 6.07) is 19.6. The van der Waals surface area contributed by atoms with E-state index in [1.165, 1.54) is 0 Å². The third-order valence-electron chi connectivity index (χ3n) is 5.88. The molecule has 0 aliphatic carbocycles. The molecule has 1 saturated heterocycles. The second kappa shape index (κ2) is 9.20. The molecule has 3 aromatic rings. The first-order valence-electron chi connectivity index (χ1n) is 10.5. The Morgan fingerprint density at radius 1 is 0.871 bits per heavy atom. The summed E-state index contributed by atoms with van der Waals surface area (Å²) in [6.07, 6.45) is 0. The van der Waals surface area contributed by atoms with Gasteiger partial charge >= 0.3 is 0 Å². The van der Waals surface area contributed by atoms with Gasteiger partial charge < -0.3 is 9.47 Å². The molecule has 5 nitrogen and oxygen atoms in total. The summed E-state index contributed by atoms with van der Waals surface area (Å²) in [4.78, 5) is 29.9. The Bertz CT molecular complexity index is 1100. The van der Waals surface area contributed by atoms with Crippen molar-refractivity contribution in [1.82, 2.24) is 14.4 Å². The molecule has 2 heterocycles. The molecule has 0 saturated carbocycles. The number of halogens is 1. The fourth-order valence-corrected chi connectivity index (χ4v) is 4.68. The third-order valence-corrected chi connectivity index (χ3v) is 6.57. The number of hydrogen-bond donors (Lipinski definition) is 0. The number of benzene rings is 2. The van der Waals surface area contributed by atoms with Crippen molar-refractivity contribution < 1.29 is 9.59 Å². The zero-order valence-corrected chi connectivity index (χ0v) is 19.4. The second-order valence-electron chi connectivity index (χ2n) is 7.93. The number of amides is 1. The molecule has 0 bridgehead atoms. The van der Waals surface area contributed by atoms with Gasteiger partial charge in [0.25, 0.3) is 5.91 Å². The summed E-state index contributed by atoms with van der Waals surface area (Å²) >= 11 is 3.46. The molecule has 4 rings (SSSR count). The summed E-state index contributed by atoms with van der Waals surface area (Å²) < 4.78 is 2.94. The smallest absolute Gasteiger partial charge is 0.255 e. The lowest BCUT2D eigenvalue weighted by Gasteiger charge is -2.34. The number of nitrogens with zero attached hydrogens (tertiary/aromatic N) is 3. The average Bonchev–Trinajstić information content (AvgIpc) is 3.09. The molecule has 160 valence electrons. The third kappa shape index (κ3) is 4.50. The van der Waals surface area contributed by atoms with Crippen LogP contribution in [0.3, 0.4) is 0 Å². The van der Waals surface area contributed by atoms with Crippen LogP contribution >= 0.6 is 15.9 Å². The first-order valence-corrected chi connectivity index (χ1v) is 11.3. The van der Waals surface area contributed by atoms with Gasteiger partial charge in [-0.05, 0) is 60.1 Å². The van der Waals surface area contributed by atoms with Crippen LogP contribution in [0.4, 0.5) is 0 Å². The van der Waals surface area contributed by atoms with E-state index >= 15 is 0 Å². The monoisotopic (exact) mass is 479 g/mol. The highest BCUT2D eigenvalue weighted by molar-refractivity contribution is 9.10. The normalized spacial score (nSPS) is 14.6. The Labute approximate surface area is 191 Å². The average molecular weight is 480 g/mol. The van der Waals surface area contributed by atoms with E-state index in [4.69, 9.17) is 0 Å². The van der Waals surface area contributed by atoms with Gasteiger partial charge in [-0.15, -0.1) is 0 Å². The Kier molecular flexibility index (Phi) is 6.39. The molecule has 1 amide bonds. The zero-order valence-electron chi connectivity index (χ0n) is 17.8. The fraction of sp³-hybridized carbons (Fsp3) is 0.280. The van der Waals surface area contributed by atoms with Crippen LogP contribution in [0.15, 0.2) is 65.1 Å². The molecule has 31 heavy (non-hydrogen) atoms. The van der Waals surface area contributed by atoms with Gasteiger partial charge in [-0.3, -0.25) is 14.5 Å². The van der Waals surface area contributed by atoms with Crippen LogP contribution in [-0.2, 0) is 0 Å². The van der Waals surface area contributed by atoms with Crippen molar-refractivity contribution in [3.05, 3.63) is 87.7 Å². The maximum absolute atomic E-state index is 13.1. The number of carbonyl (C=O) groups is 2. The molecule has 0 spiro atoms. The predicted octanol–water partition coefficient (Wildman–Crippen LogP) is 4.50. The van der Waals surface area contributed by atoms with E-state index in [-0.39, 0.29) is 11.7 Å². The molecular formula is C25H26BrN3O2. The summed E-state index contributed by atoms with van der Waals surface area (Å²) in [6.45, 7) is 7.03. The topological polar surface area (TPSA) is 45.6 Å². The fourth-order valence-electron chi connectivity index (χ4n) is 4.22. The van der Waals surface area contributed by atoms with E-state index < -0.39 is 0 Å². The van der Waals surface area contributed by atoms with E-state index in [2.05, 4.69) is 37.5 Å². The highest BCUT2D eigenvalue weighted by atomic mass is 79.9. The number of carbonyl (C=O) groups excluding carboxylic acids is 2. The van der Waals surface area contributed by atoms with Crippen LogP contribution in [0.2, 0.25) is 0 Å². The Hall–Kier alpha value is -2.70. The van der Waals surface area contributed by atoms with E-state index in [0.29, 0.717) is 38.3 Å². The van der Waals surface area contributed by atoms with Gasteiger partial charge in [-0.25, -0.2) is 0 Å². The van der Waals surface area contributed by atoms with Crippen molar-refractivity contribution in [2.24, 2.45) is 0 Å². The molecule has 0 radical (unpaired) electrons. The summed E-state index contributed by atoms with van der Waals surface area (Å²) in [7, 11) is 0. The number of piperazine rings is 1. The molecule has 1 fully saturated rings. The first kappa shape index (κ1) is 21.5. The van der Waals surface area contributed by atoms with E-state index in [1.807, 2.05) is 67.3 Å². The molecule has 0 unspecified atom stereocenters. The second-order valence-corrected chi connectivity index (χ2v) is 8.78. The first-order chi connectivity index (χ1) is 15.0. The number of Topliss-reactive ketones (excluding diaryl/α,β-unsaturated/α-hetero) is 1. The van der Waals surface area contributed by atoms with E-state index in [0.717, 1.165) is 27.1 Å². The summed E-state index contributed by atoms with van der Waals surface area (Å²) in [5, 5.41) is 0. The molecular weight excluding hydrogens is 454 g/mol. The lowest BCUT2D eigenvalue weighted by molar-refractivity contribution is 0.0623. The van der Waals surface area contributed by atoms with Crippen LogP contribution in [-0.4, -0.2) is 58.8 Å². The summed E-state index contributed by atoms with van der Waals surface area (Å²) in [5.74, 6) is 0.158. The largest absolute Gasteiger partial charge is 0.336 e. The van der Waals surface area contributed by atoms with Gasteiger partial charge in [0.2, 0.25) is 0 Å². The predicted molar refractivity (Wildman–Crippen MR) is 126 cm³/mol. The molecule has 1 aromatic heterocycles. The van der Waals surface area contributed by atoms with Crippen LogP contribution in [0.25, 0.3) is 5.69 Å². The van der Waals surface area contributed by atoms with Crippen molar-refractivity contribution >= 4 is 27.6 Å². The SMILES string of the molecule is Cc1cc(C(=O)CN2CCN(C(=O)c3ccccc3Br)CC2)c(C)n1-c1ccccc1. The molecule has 2 aromatic carbocycles. The minimum Gasteiger partial charge on any atom is -0.336 e. The highest BCUT2D eigenvalue weighted by Crippen LogP contribution is 2.22. The minimum atomic E-state index is 0.0323. The van der Waals surface area contributed by atoms with Crippen LogP contribution in [0, 0.1) is 13.8 Å². The quantitative estimate of drug-likeness (QED) is 0.506. The number of hydrogen-bond acceptors (Lipinski definition) is 3. The maximum atomic E-state index is 13.1. The number of rotatable bonds is 5. The minimum absolute atomic E-state index is 0.0323. The maximum Gasteiger partial charge on any atom is 0.255 e. The Balaban J connectivity index is 1.40. The van der Waals surface area contributed by atoms with Crippen molar-refractivity contribution in [3.8, 4) is 5.69 Å². The number of ketones is 1. The van der Waals surface area contributed by atoms with Gasteiger partial charge in [0.05, 0.1) is 12.1 Å². The lowest BCUT2D eigenvalue weighted by atomic mass is 10.1. The van der Waals surface area contributed by atoms with Crippen molar-refractivity contribution in [2.45, 2.75) is 13.8 Å². The Morgan fingerprint density at radius 2 is 1.52 bits per heavy atom. The van der Waals surface area contributed by atoms with Crippen molar-refractivity contribution in [1.29, 1.82) is 0 Å². The number of para-hydroxylation sites is 1. The molecule has 6 heteroatoms. The van der Waals surface area contributed by atoms with Crippen molar-refractivity contribution in [2.75, 3.05) is 32.7 Å². The van der Waals surface area contributed by atoms with E-state index in [1.54, 1.807) is 0 Å². The summed E-state index contributed by atoms with van der Waals surface area (Å²) in [5.41, 5.74) is 4.54. The Morgan fingerprint density at radius 3 is 2.19 bits per heavy atom. The van der Waals surface area contributed by atoms with E-state index in [9.17, 15) is 9.59 Å². The zero-order chi connectivity index (χ0) is 22.0. The molecule has 1 aliphatic heterocycles. The lowest BCUT2D eigenvalue weighted by Crippen LogP contribution is -2.50. The number of aromatic nitrogens is 1. The van der Waals surface area contributed by atoms with Gasteiger partial charge in [-0.2, -0.15) is 0 Å². The number of aryl methyl sites for hydroxylation is 1. The van der Waals surface area contributed by atoms with Crippen LogP contribution < -0.4 is 0 Å². The molecule has 0 atom stereocenters. The van der Waals surface area contributed by atoms with Gasteiger partial charge in [-0.1, -0.05) is 30.3 Å². The highest BCUT2D eigenvalue weighted by Gasteiger charge is 2.25. The van der Waals surface area contributed by atoms with Crippen LogP contribution in [0.1, 0.15) is 32.1 Å².